The molecule has 0 aromatic carbocycles. The standard InChI is InChI=1S/C10H12IN3O/c11-13-9-7-8(3-4-12-9)10(15)14-5-1-2-6-14/h3-4,7H,1-2,5-6H2,(H,12,13). The van der Waals surface area contributed by atoms with Crippen LogP contribution in [0.4, 0.5) is 5.82 Å². The summed E-state index contributed by atoms with van der Waals surface area (Å²) in [5, 5.41) is 0. The molecule has 1 aromatic heterocycles. The van der Waals surface area contributed by atoms with Gasteiger partial charge in [0, 0.05) is 24.8 Å². The van der Waals surface area contributed by atoms with E-state index in [2.05, 4.69) is 8.51 Å². The van der Waals surface area contributed by atoms with E-state index in [1.54, 1.807) is 18.3 Å². The van der Waals surface area contributed by atoms with Gasteiger partial charge in [-0.25, -0.2) is 4.98 Å². The van der Waals surface area contributed by atoms with Crippen molar-refractivity contribution in [2.75, 3.05) is 16.6 Å². The lowest BCUT2D eigenvalue weighted by atomic mass is 10.2. The number of amides is 1. The van der Waals surface area contributed by atoms with E-state index in [1.807, 2.05) is 27.8 Å². The van der Waals surface area contributed by atoms with Crippen LogP contribution in [0.3, 0.4) is 0 Å². The molecular formula is C10H12IN3O. The molecule has 2 heterocycles. The minimum absolute atomic E-state index is 0.114. The highest BCUT2D eigenvalue weighted by atomic mass is 127. The number of carbonyl (C=O) groups excluding carboxylic acids is 1. The van der Waals surface area contributed by atoms with E-state index < -0.39 is 0 Å². The summed E-state index contributed by atoms with van der Waals surface area (Å²) in [7, 11) is 0. The minimum atomic E-state index is 0.114. The molecule has 1 amide bonds. The van der Waals surface area contributed by atoms with Crippen LogP contribution in [0.5, 0.6) is 0 Å². The van der Waals surface area contributed by atoms with Crippen LogP contribution >= 0.6 is 22.9 Å². The van der Waals surface area contributed by atoms with Crippen molar-refractivity contribution in [1.82, 2.24) is 9.88 Å². The number of anilines is 1. The van der Waals surface area contributed by atoms with Crippen molar-refractivity contribution < 1.29 is 4.79 Å². The van der Waals surface area contributed by atoms with Crippen molar-refractivity contribution in [3.8, 4) is 0 Å². The van der Waals surface area contributed by atoms with E-state index in [0.717, 1.165) is 31.7 Å². The van der Waals surface area contributed by atoms with Crippen molar-refractivity contribution in [3.05, 3.63) is 23.9 Å². The number of rotatable bonds is 2. The van der Waals surface area contributed by atoms with E-state index in [9.17, 15) is 4.79 Å². The Bertz CT molecular complexity index is 363. The first-order valence-electron chi connectivity index (χ1n) is 4.93. The third-order valence-electron chi connectivity index (χ3n) is 2.50. The van der Waals surface area contributed by atoms with Gasteiger partial charge in [-0.15, -0.1) is 0 Å². The van der Waals surface area contributed by atoms with Crippen LogP contribution < -0.4 is 3.53 Å². The molecule has 0 bridgehead atoms. The van der Waals surface area contributed by atoms with Gasteiger partial charge in [0.1, 0.15) is 5.82 Å². The number of hydrogen-bond acceptors (Lipinski definition) is 3. The molecule has 80 valence electrons. The van der Waals surface area contributed by atoms with Crippen molar-refractivity contribution in [3.63, 3.8) is 0 Å². The molecule has 1 fully saturated rings. The molecule has 1 aliphatic rings. The van der Waals surface area contributed by atoms with Crippen LogP contribution in [0.25, 0.3) is 0 Å². The zero-order valence-corrected chi connectivity index (χ0v) is 10.4. The molecule has 4 nitrogen and oxygen atoms in total. The van der Waals surface area contributed by atoms with E-state index in [-0.39, 0.29) is 5.91 Å². The molecule has 0 unspecified atom stereocenters. The first-order valence-corrected chi connectivity index (χ1v) is 6.01. The van der Waals surface area contributed by atoms with E-state index in [4.69, 9.17) is 0 Å². The first-order chi connectivity index (χ1) is 7.31. The molecule has 1 aliphatic heterocycles. The maximum Gasteiger partial charge on any atom is 0.254 e. The summed E-state index contributed by atoms with van der Waals surface area (Å²) >= 11 is 2.00. The summed E-state index contributed by atoms with van der Waals surface area (Å²) in [6.45, 7) is 1.77. The van der Waals surface area contributed by atoms with Crippen molar-refractivity contribution in [2.24, 2.45) is 0 Å². The summed E-state index contributed by atoms with van der Waals surface area (Å²) in [5.74, 6) is 0.837. The van der Waals surface area contributed by atoms with Gasteiger partial charge in [0.2, 0.25) is 0 Å². The molecule has 15 heavy (non-hydrogen) atoms. The molecule has 1 saturated heterocycles. The van der Waals surface area contributed by atoms with Gasteiger partial charge in [0.15, 0.2) is 0 Å². The van der Waals surface area contributed by atoms with Crippen LogP contribution in [-0.2, 0) is 0 Å². The van der Waals surface area contributed by atoms with Gasteiger partial charge in [-0.3, -0.25) is 4.79 Å². The number of halogens is 1. The van der Waals surface area contributed by atoms with Crippen LogP contribution in [-0.4, -0.2) is 28.9 Å². The number of aromatic nitrogens is 1. The summed E-state index contributed by atoms with van der Waals surface area (Å²) in [4.78, 5) is 18.0. The zero-order chi connectivity index (χ0) is 10.7. The van der Waals surface area contributed by atoms with Crippen LogP contribution in [0.1, 0.15) is 23.2 Å². The Kier molecular flexibility index (Phi) is 3.40. The van der Waals surface area contributed by atoms with Crippen molar-refractivity contribution >= 4 is 34.6 Å². The second kappa shape index (κ2) is 4.78. The number of hydrogen-bond donors (Lipinski definition) is 1. The Morgan fingerprint density at radius 3 is 2.87 bits per heavy atom. The minimum Gasteiger partial charge on any atom is -0.339 e. The molecule has 1 aromatic rings. The molecule has 0 aliphatic carbocycles. The third kappa shape index (κ3) is 2.39. The maximum atomic E-state index is 12.0. The number of likely N-dealkylation sites (tertiary alicyclic amines) is 1. The van der Waals surface area contributed by atoms with Gasteiger partial charge >= 0.3 is 0 Å². The fourth-order valence-electron chi connectivity index (χ4n) is 1.72. The van der Waals surface area contributed by atoms with Crippen LogP contribution in [0.2, 0.25) is 0 Å². The topological polar surface area (TPSA) is 45.2 Å². The molecule has 5 heteroatoms. The summed E-state index contributed by atoms with van der Waals surface area (Å²) in [5.41, 5.74) is 0.714. The fourth-order valence-corrected chi connectivity index (χ4v) is 2.01. The lowest BCUT2D eigenvalue weighted by Crippen LogP contribution is -2.27. The largest absolute Gasteiger partial charge is 0.339 e. The quantitative estimate of drug-likeness (QED) is 0.671. The molecule has 0 atom stereocenters. The third-order valence-corrected chi connectivity index (χ3v) is 3.05. The normalized spacial score (nSPS) is 15.4. The average molecular weight is 317 g/mol. The van der Waals surface area contributed by atoms with Gasteiger partial charge < -0.3 is 8.43 Å². The second-order valence-corrected chi connectivity index (χ2v) is 4.06. The summed E-state index contributed by atoms with van der Waals surface area (Å²) in [6, 6.07) is 3.55. The first kappa shape index (κ1) is 10.7. The predicted molar refractivity (Wildman–Crippen MR) is 67.0 cm³/mol. The lowest BCUT2D eigenvalue weighted by Gasteiger charge is -2.15. The van der Waals surface area contributed by atoms with Gasteiger partial charge in [0.05, 0.1) is 22.9 Å². The molecule has 0 radical (unpaired) electrons. The average Bonchev–Trinajstić information content (AvgIpc) is 2.81. The highest BCUT2D eigenvalue weighted by molar-refractivity contribution is 14.1. The summed E-state index contributed by atoms with van der Waals surface area (Å²) < 4.78 is 2.90. The van der Waals surface area contributed by atoms with E-state index >= 15 is 0 Å². The number of nitrogens with zero attached hydrogens (tertiary/aromatic N) is 2. The number of nitrogens with one attached hydrogen (secondary N) is 1. The van der Waals surface area contributed by atoms with Crippen LogP contribution in [0, 0.1) is 0 Å². The van der Waals surface area contributed by atoms with Gasteiger partial charge in [-0.2, -0.15) is 0 Å². The molecule has 0 saturated carbocycles. The molecular weight excluding hydrogens is 305 g/mol. The van der Waals surface area contributed by atoms with Crippen molar-refractivity contribution in [2.45, 2.75) is 12.8 Å². The Balaban J connectivity index is 2.17. The predicted octanol–water partition coefficient (Wildman–Crippen LogP) is 2.08. The van der Waals surface area contributed by atoms with Crippen molar-refractivity contribution in [1.29, 1.82) is 0 Å². The molecule has 2 rings (SSSR count). The number of pyridine rings is 1. The van der Waals surface area contributed by atoms with Crippen LogP contribution in [0.15, 0.2) is 18.3 Å². The monoisotopic (exact) mass is 317 g/mol. The SMILES string of the molecule is O=C(c1ccnc(NI)c1)N1CCCC1. The van der Waals surface area contributed by atoms with Gasteiger partial charge in [0.25, 0.3) is 5.91 Å². The Morgan fingerprint density at radius 2 is 2.20 bits per heavy atom. The van der Waals surface area contributed by atoms with E-state index in [0.29, 0.717) is 5.56 Å². The van der Waals surface area contributed by atoms with E-state index in [1.165, 1.54) is 0 Å². The maximum absolute atomic E-state index is 12.0. The van der Waals surface area contributed by atoms with Gasteiger partial charge in [-0.05, 0) is 25.0 Å². The molecule has 1 N–H and O–H groups in total. The number of carbonyl (C=O) groups is 1. The highest BCUT2D eigenvalue weighted by Crippen LogP contribution is 2.15. The fraction of sp³-hybridized carbons (Fsp3) is 0.400. The Labute approximate surface area is 103 Å². The lowest BCUT2D eigenvalue weighted by molar-refractivity contribution is 0.0793. The smallest absolute Gasteiger partial charge is 0.254 e. The Morgan fingerprint density at radius 1 is 1.47 bits per heavy atom. The van der Waals surface area contributed by atoms with Gasteiger partial charge in [-0.1, -0.05) is 0 Å². The second-order valence-electron chi connectivity index (χ2n) is 3.52. The molecule has 0 spiro atoms. The highest BCUT2D eigenvalue weighted by Gasteiger charge is 2.19. The summed E-state index contributed by atoms with van der Waals surface area (Å²) in [6.07, 6.45) is 3.90. The Hall–Kier alpha value is -0.850. The zero-order valence-electron chi connectivity index (χ0n) is 8.24.